The summed E-state index contributed by atoms with van der Waals surface area (Å²) >= 11 is 0. The number of urea groups is 1. The number of hydrogen-bond donors (Lipinski definition) is 2. The highest BCUT2D eigenvalue weighted by molar-refractivity contribution is 5.74. The van der Waals surface area contributed by atoms with E-state index < -0.39 is 0 Å². The van der Waals surface area contributed by atoms with Crippen LogP contribution in [0.4, 0.5) is 4.79 Å². The number of carbonyl (C=O) groups is 1. The summed E-state index contributed by atoms with van der Waals surface area (Å²) < 4.78 is 17.1. The molecule has 2 heterocycles. The first-order chi connectivity index (χ1) is 12.3. The highest BCUT2D eigenvalue weighted by Gasteiger charge is 2.24. The molecule has 0 saturated carbocycles. The number of benzene rings is 2. The van der Waals surface area contributed by atoms with Crippen molar-refractivity contribution in [2.24, 2.45) is 0 Å². The van der Waals surface area contributed by atoms with Crippen LogP contribution in [0.25, 0.3) is 0 Å². The van der Waals surface area contributed by atoms with Crippen LogP contribution in [0, 0.1) is 0 Å². The molecule has 0 aliphatic carbocycles. The van der Waals surface area contributed by atoms with Gasteiger partial charge in [0.05, 0.1) is 19.2 Å². The number of ether oxygens (including phenoxy) is 3. The molecule has 2 atom stereocenters. The van der Waals surface area contributed by atoms with Crippen molar-refractivity contribution < 1.29 is 19.0 Å². The summed E-state index contributed by atoms with van der Waals surface area (Å²) in [6.45, 7) is 1.39. The second kappa shape index (κ2) is 6.93. The Balaban J connectivity index is 1.31. The molecule has 2 aromatic rings. The van der Waals surface area contributed by atoms with Gasteiger partial charge in [-0.15, -0.1) is 0 Å². The largest absolute Gasteiger partial charge is 0.493 e. The van der Waals surface area contributed by atoms with E-state index in [4.69, 9.17) is 14.2 Å². The molecule has 130 valence electrons. The molecule has 0 radical (unpaired) electrons. The number of hydrogen-bond acceptors (Lipinski definition) is 4. The Kier molecular flexibility index (Phi) is 4.33. The highest BCUT2D eigenvalue weighted by Crippen LogP contribution is 2.32. The number of nitrogens with one attached hydrogen (secondary N) is 2. The van der Waals surface area contributed by atoms with Crippen LogP contribution >= 0.6 is 0 Å². The third-order valence-corrected chi connectivity index (χ3v) is 4.32. The Bertz CT molecular complexity index is 765. The van der Waals surface area contributed by atoms with E-state index >= 15 is 0 Å². The van der Waals surface area contributed by atoms with Crippen molar-refractivity contribution in [3.63, 3.8) is 0 Å². The first kappa shape index (κ1) is 15.6. The minimum atomic E-state index is -0.218. The van der Waals surface area contributed by atoms with Gasteiger partial charge in [0, 0.05) is 12.0 Å². The lowest BCUT2D eigenvalue weighted by Crippen LogP contribution is -2.45. The number of rotatable bonds is 3. The second-order valence-corrected chi connectivity index (χ2v) is 6.08. The lowest BCUT2D eigenvalue weighted by Gasteiger charge is -2.28. The average molecular weight is 340 g/mol. The van der Waals surface area contributed by atoms with Crippen molar-refractivity contribution in [3.05, 3.63) is 54.1 Å². The lowest BCUT2D eigenvalue weighted by atomic mass is 10.0. The van der Waals surface area contributed by atoms with Crippen molar-refractivity contribution in [3.8, 4) is 17.2 Å². The fourth-order valence-corrected chi connectivity index (χ4v) is 3.07. The van der Waals surface area contributed by atoms with Gasteiger partial charge in [-0.2, -0.15) is 0 Å². The van der Waals surface area contributed by atoms with Gasteiger partial charge in [-0.05, 0) is 18.2 Å². The standard InChI is InChI=1S/C19H20N2O4/c22-19(21-15-9-10-23-16-6-2-1-5-14(15)16)20-11-13-12-24-17-7-3-4-8-18(17)25-13/h1-8,13,15H,9-12H2,(H2,20,21,22)/t13-,15-/m0/s1. The third-order valence-electron chi connectivity index (χ3n) is 4.32. The van der Waals surface area contributed by atoms with Crippen molar-refractivity contribution in [2.75, 3.05) is 19.8 Å². The Morgan fingerprint density at radius 2 is 1.76 bits per heavy atom. The number of fused-ring (bicyclic) bond motifs is 2. The maximum atomic E-state index is 12.2. The first-order valence-electron chi connectivity index (χ1n) is 8.44. The van der Waals surface area contributed by atoms with Gasteiger partial charge < -0.3 is 24.8 Å². The highest BCUT2D eigenvalue weighted by atomic mass is 16.6. The van der Waals surface area contributed by atoms with Crippen LogP contribution in [0.15, 0.2) is 48.5 Å². The van der Waals surface area contributed by atoms with E-state index in [0.717, 1.165) is 23.5 Å². The van der Waals surface area contributed by atoms with Gasteiger partial charge in [0.2, 0.25) is 0 Å². The Labute approximate surface area is 146 Å². The van der Waals surface area contributed by atoms with E-state index in [2.05, 4.69) is 10.6 Å². The molecule has 6 heteroatoms. The third kappa shape index (κ3) is 3.47. The molecule has 4 rings (SSSR count). The fourth-order valence-electron chi connectivity index (χ4n) is 3.07. The van der Waals surface area contributed by atoms with Gasteiger partial charge in [0.1, 0.15) is 12.4 Å². The Hall–Kier alpha value is -2.89. The van der Waals surface area contributed by atoms with Gasteiger partial charge in [0.15, 0.2) is 17.6 Å². The Morgan fingerprint density at radius 1 is 1.00 bits per heavy atom. The molecule has 2 aliphatic heterocycles. The van der Waals surface area contributed by atoms with E-state index in [1.54, 1.807) is 0 Å². The molecule has 2 aromatic carbocycles. The normalized spacial score (nSPS) is 20.8. The SMILES string of the molecule is O=C(NC[C@H]1COc2ccccc2O1)N[C@H]1CCOc2ccccc21. The van der Waals surface area contributed by atoms with Crippen LogP contribution in [0.5, 0.6) is 17.2 Å². The van der Waals surface area contributed by atoms with E-state index in [-0.39, 0.29) is 18.2 Å². The Morgan fingerprint density at radius 3 is 2.64 bits per heavy atom. The van der Waals surface area contributed by atoms with Gasteiger partial charge in [-0.3, -0.25) is 0 Å². The van der Waals surface area contributed by atoms with Crippen LogP contribution in [0.3, 0.4) is 0 Å². The molecule has 0 spiro atoms. The molecule has 0 saturated heterocycles. The topological polar surface area (TPSA) is 68.8 Å². The molecule has 0 unspecified atom stereocenters. The molecule has 2 N–H and O–H groups in total. The van der Waals surface area contributed by atoms with Crippen LogP contribution in [-0.4, -0.2) is 31.9 Å². The van der Waals surface area contributed by atoms with E-state index in [1.165, 1.54) is 0 Å². The predicted octanol–water partition coefficient (Wildman–Crippen LogP) is 2.65. The summed E-state index contributed by atoms with van der Waals surface area (Å²) in [4.78, 5) is 12.2. The minimum absolute atomic E-state index is 0.0470. The summed E-state index contributed by atoms with van der Waals surface area (Å²) in [5.41, 5.74) is 1.01. The molecule has 25 heavy (non-hydrogen) atoms. The zero-order valence-electron chi connectivity index (χ0n) is 13.7. The predicted molar refractivity (Wildman–Crippen MR) is 92.2 cm³/mol. The summed E-state index contributed by atoms with van der Waals surface area (Å²) in [5, 5.41) is 5.87. The van der Waals surface area contributed by atoms with E-state index in [1.807, 2.05) is 48.5 Å². The molecule has 2 amide bonds. The number of amides is 2. The number of carbonyl (C=O) groups excluding carboxylic acids is 1. The maximum absolute atomic E-state index is 12.2. The van der Waals surface area contributed by atoms with Crippen molar-refractivity contribution >= 4 is 6.03 Å². The average Bonchev–Trinajstić information content (AvgIpc) is 2.66. The van der Waals surface area contributed by atoms with Gasteiger partial charge >= 0.3 is 6.03 Å². The van der Waals surface area contributed by atoms with Crippen LogP contribution in [0.1, 0.15) is 18.0 Å². The molecule has 0 bridgehead atoms. The van der Waals surface area contributed by atoms with Crippen LogP contribution in [0.2, 0.25) is 0 Å². The lowest BCUT2D eigenvalue weighted by molar-refractivity contribution is 0.0916. The fraction of sp³-hybridized carbons (Fsp3) is 0.316. The second-order valence-electron chi connectivity index (χ2n) is 6.08. The zero-order chi connectivity index (χ0) is 17.1. The minimum Gasteiger partial charge on any atom is -0.493 e. The molecule has 0 aromatic heterocycles. The number of para-hydroxylation sites is 3. The van der Waals surface area contributed by atoms with Gasteiger partial charge in [-0.25, -0.2) is 4.79 Å². The van der Waals surface area contributed by atoms with E-state index in [9.17, 15) is 4.79 Å². The molecular weight excluding hydrogens is 320 g/mol. The maximum Gasteiger partial charge on any atom is 0.315 e. The molecule has 0 fully saturated rings. The quantitative estimate of drug-likeness (QED) is 0.901. The monoisotopic (exact) mass is 340 g/mol. The van der Waals surface area contributed by atoms with Crippen molar-refractivity contribution in [2.45, 2.75) is 18.6 Å². The summed E-state index contributed by atoms with van der Waals surface area (Å²) in [6, 6.07) is 15.0. The molecule has 2 aliphatic rings. The van der Waals surface area contributed by atoms with Crippen LogP contribution < -0.4 is 24.8 Å². The summed E-state index contributed by atoms with van der Waals surface area (Å²) in [5.74, 6) is 2.28. The van der Waals surface area contributed by atoms with Crippen molar-refractivity contribution in [1.82, 2.24) is 10.6 Å². The first-order valence-corrected chi connectivity index (χ1v) is 8.44. The van der Waals surface area contributed by atoms with Gasteiger partial charge in [0.25, 0.3) is 0 Å². The van der Waals surface area contributed by atoms with Crippen molar-refractivity contribution in [1.29, 1.82) is 0 Å². The smallest absolute Gasteiger partial charge is 0.315 e. The zero-order valence-corrected chi connectivity index (χ0v) is 13.7. The van der Waals surface area contributed by atoms with Gasteiger partial charge in [-0.1, -0.05) is 30.3 Å². The summed E-state index contributed by atoms with van der Waals surface area (Å²) in [7, 11) is 0. The molecule has 6 nitrogen and oxygen atoms in total. The summed E-state index contributed by atoms with van der Waals surface area (Å²) in [6.07, 6.45) is 0.545. The van der Waals surface area contributed by atoms with Crippen LogP contribution in [-0.2, 0) is 0 Å². The molecular formula is C19H20N2O4. The van der Waals surface area contributed by atoms with E-state index in [0.29, 0.717) is 25.5 Å².